The maximum atomic E-state index is 11.9. The molecule has 0 spiro atoms. The van der Waals surface area contributed by atoms with Gasteiger partial charge in [-0.2, -0.15) is 0 Å². The van der Waals surface area contributed by atoms with Crippen LogP contribution in [0.15, 0.2) is 59.8 Å². The fourth-order valence-electron chi connectivity index (χ4n) is 1.55. The average molecular weight is 303 g/mol. The number of oxime groups is 1. The Morgan fingerprint density at radius 2 is 1.86 bits per heavy atom. The van der Waals surface area contributed by atoms with Crippen LogP contribution in [0.2, 0.25) is 5.02 Å². The maximum Gasteiger partial charge on any atom is 0.267 e. The fourth-order valence-corrected chi connectivity index (χ4v) is 1.67. The molecule has 0 aliphatic rings. The Morgan fingerprint density at radius 1 is 1.19 bits per heavy atom. The van der Waals surface area contributed by atoms with Crippen molar-refractivity contribution < 1.29 is 9.63 Å². The van der Waals surface area contributed by atoms with Crippen LogP contribution in [0.3, 0.4) is 0 Å². The standard InChI is InChI=1S/C16H15ClN2O2/c1-12(21-18-11-13-5-3-2-4-6-13)16(20)19-15-9-7-14(17)8-10-15/h2-12H,1H3,(H,19,20)/b18-11-/t12-/m0/s1. The van der Waals surface area contributed by atoms with E-state index in [1.54, 1.807) is 37.4 Å². The summed E-state index contributed by atoms with van der Waals surface area (Å²) in [6.45, 7) is 1.63. The summed E-state index contributed by atoms with van der Waals surface area (Å²) in [6, 6.07) is 16.4. The van der Waals surface area contributed by atoms with Crippen molar-refractivity contribution in [2.24, 2.45) is 5.16 Å². The topological polar surface area (TPSA) is 50.7 Å². The van der Waals surface area contributed by atoms with Gasteiger partial charge in [-0.3, -0.25) is 4.79 Å². The van der Waals surface area contributed by atoms with Crippen LogP contribution in [-0.4, -0.2) is 18.2 Å². The van der Waals surface area contributed by atoms with Crippen molar-refractivity contribution in [1.29, 1.82) is 0 Å². The number of hydrogen-bond acceptors (Lipinski definition) is 3. The number of nitrogens with zero attached hydrogens (tertiary/aromatic N) is 1. The highest BCUT2D eigenvalue weighted by Crippen LogP contribution is 2.13. The molecule has 2 aromatic carbocycles. The number of halogens is 1. The number of carbonyl (C=O) groups is 1. The highest BCUT2D eigenvalue weighted by atomic mass is 35.5. The lowest BCUT2D eigenvalue weighted by atomic mass is 10.2. The molecule has 0 unspecified atom stereocenters. The molecule has 5 heteroatoms. The molecule has 0 aliphatic heterocycles. The van der Waals surface area contributed by atoms with Crippen LogP contribution in [-0.2, 0) is 9.63 Å². The van der Waals surface area contributed by atoms with Crippen LogP contribution in [0.1, 0.15) is 12.5 Å². The van der Waals surface area contributed by atoms with E-state index in [1.807, 2.05) is 30.3 Å². The number of anilines is 1. The predicted octanol–water partition coefficient (Wildman–Crippen LogP) is 3.72. The van der Waals surface area contributed by atoms with Gasteiger partial charge in [0.2, 0.25) is 6.10 Å². The number of carbonyl (C=O) groups excluding carboxylic acids is 1. The molecule has 0 fully saturated rings. The Hall–Kier alpha value is -2.33. The molecule has 1 N–H and O–H groups in total. The minimum absolute atomic E-state index is 0.275. The molecule has 0 heterocycles. The minimum Gasteiger partial charge on any atom is -0.383 e. The van der Waals surface area contributed by atoms with Gasteiger partial charge < -0.3 is 10.2 Å². The summed E-state index contributed by atoms with van der Waals surface area (Å²) in [4.78, 5) is 17.0. The van der Waals surface area contributed by atoms with Gasteiger partial charge in [0.15, 0.2) is 0 Å². The number of rotatable bonds is 5. The smallest absolute Gasteiger partial charge is 0.267 e. The monoisotopic (exact) mass is 302 g/mol. The van der Waals surface area contributed by atoms with Gasteiger partial charge in [-0.15, -0.1) is 0 Å². The molecule has 21 heavy (non-hydrogen) atoms. The van der Waals surface area contributed by atoms with Crippen molar-refractivity contribution in [2.75, 3.05) is 5.32 Å². The molecule has 0 bridgehead atoms. The Bertz CT molecular complexity index is 612. The van der Waals surface area contributed by atoms with E-state index in [-0.39, 0.29) is 5.91 Å². The zero-order valence-corrected chi connectivity index (χ0v) is 12.2. The first-order valence-corrected chi connectivity index (χ1v) is 6.83. The van der Waals surface area contributed by atoms with Crippen LogP contribution < -0.4 is 5.32 Å². The van der Waals surface area contributed by atoms with Gasteiger partial charge in [0, 0.05) is 10.7 Å². The van der Waals surface area contributed by atoms with Gasteiger partial charge in [-0.05, 0) is 36.8 Å². The van der Waals surface area contributed by atoms with Gasteiger partial charge in [-0.25, -0.2) is 0 Å². The van der Waals surface area contributed by atoms with Crippen molar-refractivity contribution in [1.82, 2.24) is 0 Å². The van der Waals surface area contributed by atoms with E-state index in [0.29, 0.717) is 10.7 Å². The summed E-state index contributed by atoms with van der Waals surface area (Å²) in [7, 11) is 0. The molecule has 1 amide bonds. The molecular weight excluding hydrogens is 288 g/mol. The first-order valence-electron chi connectivity index (χ1n) is 6.46. The molecule has 108 valence electrons. The number of hydrogen-bond donors (Lipinski definition) is 1. The molecule has 0 radical (unpaired) electrons. The van der Waals surface area contributed by atoms with E-state index in [4.69, 9.17) is 16.4 Å². The third kappa shape index (κ3) is 4.93. The van der Waals surface area contributed by atoms with E-state index in [2.05, 4.69) is 10.5 Å². The highest BCUT2D eigenvalue weighted by molar-refractivity contribution is 6.30. The summed E-state index contributed by atoms with van der Waals surface area (Å²) < 4.78 is 0. The summed E-state index contributed by atoms with van der Waals surface area (Å²) in [5.74, 6) is -0.275. The van der Waals surface area contributed by atoms with Crippen molar-refractivity contribution in [2.45, 2.75) is 13.0 Å². The quantitative estimate of drug-likeness (QED) is 0.676. The van der Waals surface area contributed by atoms with Crippen molar-refractivity contribution in [3.63, 3.8) is 0 Å². The Labute approximate surface area is 128 Å². The molecule has 2 rings (SSSR count). The SMILES string of the molecule is C[C@H](O/N=C\c1ccccc1)C(=O)Nc1ccc(Cl)cc1. The summed E-state index contributed by atoms with van der Waals surface area (Å²) in [6.07, 6.45) is 0.868. The first-order chi connectivity index (χ1) is 10.1. The van der Waals surface area contributed by atoms with Crippen LogP contribution in [0.4, 0.5) is 5.69 Å². The average Bonchev–Trinajstić information content (AvgIpc) is 2.50. The van der Waals surface area contributed by atoms with Crippen LogP contribution >= 0.6 is 11.6 Å². The zero-order valence-electron chi connectivity index (χ0n) is 11.5. The summed E-state index contributed by atoms with van der Waals surface area (Å²) in [5.41, 5.74) is 1.56. The van der Waals surface area contributed by atoms with E-state index in [1.165, 1.54) is 0 Å². The number of nitrogens with one attached hydrogen (secondary N) is 1. The lowest BCUT2D eigenvalue weighted by Crippen LogP contribution is -2.26. The molecular formula is C16H15ClN2O2. The first kappa shape index (κ1) is 15.1. The van der Waals surface area contributed by atoms with Gasteiger partial charge in [-0.1, -0.05) is 47.1 Å². The van der Waals surface area contributed by atoms with E-state index >= 15 is 0 Å². The largest absolute Gasteiger partial charge is 0.383 e. The molecule has 0 aromatic heterocycles. The molecule has 4 nitrogen and oxygen atoms in total. The second-order valence-corrected chi connectivity index (χ2v) is 4.83. The van der Waals surface area contributed by atoms with Gasteiger partial charge in [0.1, 0.15) is 0 Å². The van der Waals surface area contributed by atoms with Crippen LogP contribution in [0.5, 0.6) is 0 Å². The Kier molecular flexibility index (Phi) is 5.35. The number of amides is 1. The van der Waals surface area contributed by atoms with Gasteiger partial charge in [0.05, 0.1) is 6.21 Å². The third-order valence-corrected chi connectivity index (χ3v) is 2.95. The van der Waals surface area contributed by atoms with Crippen molar-refractivity contribution in [3.05, 3.63) is 65.2 Å². The van der Waals surface area contributed by atoms with Crippen LogP contribution in [0.25, 0.3) is 0 Å². The second kappa shape index (κ2) is 7.45. The minimum atomic E-state index is -0.694. The second-order valence-electron chi connectivity index (χ2n) is 4.39. The molecule has 2 aromatic rings. The van der Waals surface area contributed by atoms with Crippen LogP contribution in [0, 0.1) is 0 Å². The molecule has 1 atom stereocenters. The predicted molar refractivity (Wildman–Crippen MR) is 84.7 cm³/mol. The highest BCUT2D eigenvalue weighted by Gasteiger charge is 2.13. The molecule has 0 aliphatic carbocycles. The molecule has 0 saturated carbocycles. The van der Waals surface area contributed by atoms with Gasteiger partial charge >= 0.3 is 0 Å². The zero-order chi connectivity index (χ0) is 15.1. The number of benzene rings is 2. The lowest BCUT2D eigenvalue weighted by Gasteiger charge is -2.10. The third-order valence-electron chi connectivity index (χ3n) is 2.70. The van der Waals surface area contributed by atoms with E-state index in [0.717, 1.165) is 5.56 Å². The van der Waals surface area contributed by atoms with Crippen molar-refractivity contribution in [3.8, 4) is 0 Å². The Morgan fingerprint density at radius 3 is 2.52 bits per heavy atom. The lowest BCUT2D eigenvalue weighted by molar-refractivity contribution is -0.126. The van der Waals surface area contributed by atoms with Gasteiger partial charge in [0.25, 0.3) is 5.91 Å². The maximum absolute atomic E-state index is 11.9. The molecule has 0 saturated heterocycles. The van der Waals surface area contributed by atoms with Crippen molar-refractivity contribution >= 4 is 29.4 Å². The summed E-state index contributed by atoms with van der Waals surface area (Å²) in [5, 5.41) is 7.15. The fraction of sp³-hybridized carbons (Fsp3) is 0.125. The normalized spacial score (nSPS) is 12.1. The Balaban J connectivity index is 1.85. The van der Waals surface area contributed by atoms with E-state index < -0.39 is 6.10 Å². The summed E-state index contributed by atoms with van der Waals surface area (Å²) >= 11 is 5.78. The van der Waals surface area contributed by atoms with E-state index in [9.17, 15) is 4.79 Å².